The summed E-state index contributed by atoms with van der Waals surface area (Å²) in [7, 11) is 0. The highest BCUT2D eigenvalue weighted by molar-refractivity contribution is 5.59. The number of hydrogen-bond donors (Lipinski definition) is 1. The SMILES string of the molecule is Fc1ccccc1-c1cnc(C2CCCN2Cc2cccnc2)[nH]1. The van der Waals surface area contributed by atoms with E-state index in [2.05, 4.69) is 25.9 Å². The normalized spacial score (nSPS) is 18.1. The van der Waals surface area contributed by atoms with Gasteiger partial charge in [0.1, 0.15) is 11.6 Å². The smallest absolute Gasteiger partial charge is 0.132 e. The van der Waals surface area contributed by atoms with E-state index in [1.54, 1.807) is 24.5 Å². The minimum absolute atomic E-state index is 0.230. The van der Waals surface area contributed by atoms with Crippen molar-refractivity contribution in [2.75, 3.05) is 6.54 Å². The van der Waals surface area contributed by atoms with E-state index >= 15 is 0 Å². The topological polar surface area (TPSA) is 44.8 Å². The van der Waals surface area contributed by atoms with Crippen LogP contribution >= 0.6 is 0 Å². The van der Waals surface area contributed by atoms with Crippen molar-refractivity contribution in [3.8, 4) is 11.3 Å². The maximum Gasteiger partial charge on any atom is 0.132 e. The van der Waals surface area contributed by atoms with Gasteiger partial charge in [-0.1, -0.05) is 18.2 Å². The number of likely N-dealkylation sites (tertiary alicyclic amines) is 1. The van der Waals surface area contributed by atoms with Crippen LogP contribution in [0.1, 0.15) is 30.3 Å². The van der Waals surface area contributed by atoms with Gasteiger partial charge in [0.2, 0.25) is 0 Å². The highest BCUT2D eigenvalue weighted by Crippen LogP contribution is 2.32. The Kier molecular flexibility index (Phi) is 4.09. The second-order valence-electron chi connectivity index (χ2n) is 6.15. The highest BCUT2D eigenvalue weighted by atomic mass is 19.1. The van der Waals surface area contributed by atoms with Gasteiger partial charge in [0, 0.05) is 24.5 Å². The van der Waals surface area contributed by atoms with E-state index < -0.39 is 0 Å². The monoisotopic (exact) mass is 322 g/mol. The van der Waals surface area contributed by atoms with Crippen LogP contribution in [0.2, 0.25) is 0 Å². The van der Waals surface area contributed by atoms with Crippen molar-refractivity contribution in [3.63, 3.8) is 0 Å². The predicted octanol–water partition coefficient (Wildman–Crippen LogP) is 3.95. The predicted molar refractivity (Wildman–Crippen MR) is 90.6 cm³/mol. The summed E-state index contributed by atoms with van der Waals surface area (Å²) in [6, 6.07) is 11.1. The average molecular weight is 322 g/mol. The lowest BCUT2D eigenvalue weighted by Crippen LogP contribution is -2.23. The number of rotatable bonds is 4. The molecule has 0 saturated carbocycles. The van der Waals surface area contributed by atoms with E-state index in [0.29, 0.717) is 5.56 Å². The summed E-state index contributed by atoms with van der Waals surface area (Å²) < 4.78 is 14.0. The van der Waals surface area contributed by atoms with Gasteiger partial charge in [-0.3, -0.25) is 9.88 Å². The molecule has 0 amide bonds. The molecule has 0 aliphatic carbocycles. The first kappa shape index (κ1) is 15.0. The van der Waals surface area contributed by atoms with Crippen molar-refractivity contribution in [2.45, 2.75) is 25.4 Å². The van der Waals surface area contributed by atoms with Crippen LogP contribution in [0.3, 0.4) is 0 Å². The molecule has 4 rings (SSSR count). The van der Waals surface area contributed by atoms with E-state index in [1.165, 1.54) is 11.6 Å². The highest BCUT2D eigenvalue weighted by Gasteiger charge is 2.28. The number of pyridine rings is 1. The maximum atomic E-state index is 14.0. The molecule has 1 aliphatic rings. The Morgan fingerprint density at radius 1 is 1.17 bits per heavy atom. The third-order valence-corrected chi connectivity index (χ3v) is 4.55. The van der Waals surface area contributed by atoms with Crippen LogP contribution in [0.25, 0.3) is 11.3 Å². The summed E-state index contributed by atoms with van der Waals surface area (Å²) in [5.74, 6) is 0.681. The largest absolute Gasteiger partial charge is 0.341 e. The van der Waals surface area contributed by atoms with Crippen molar-refractivity contribution in [1.29, 1.82) is 0 Å². The Balaban J connectivity index is 1.56. The Labute approximate surface area is 140 Å². The van der Waals surface area contributed by atoms with E-state index in [9.17, 15) is 4.39 Å². The first-order valence-corrected chi connectivity index (χ1v) is 8.24. The van der Waals surface area contributed by atoms with Crippen LogP contribution < -0.4 is 0 Å². The van der Waals surface area contributed by atoms with Crippen LogP contribution in [-0.2, 0) is 6.54 Å². The van der Waals surface area contributed by atoms with Gasteiger partial charge in [0.15, 0.2) is 0 Å². The van der Waals surface area contributed by atoms with Crippen LogP contribution in [-0.4, -0.2) is 26.4 Å². The van der Waals surface area contributed by atoms with Crippen LogP contribution in [0.15, 0.2) is 55.0 Å². The number of halogens is 1. The van der Waals surface area contributed by atoms with Crippen molar-refractivity contribution in [2.24, 2.45) is 0 Å². The summed E-state index contributed by atoms with van der Waals surface area (Å²) in [5, 5.41) is 0. The quantitative estimate of drug-likeness (QED) is 0.791. The number of aromatic nitrogens is 3. The molecule has 122 valence electrons. The first-order chi connectivity index (χ1) is 11.8. The number of nitrogens with zero attached hydrogens (tertiary/aromatic N) is 3. The number of H-pyrrole nitrogens is 1. The summed E-state index contributed by atoms with van der Waals surface area (Å²) in [4.78, 5) is 14.4. The van der Waals surface area contributed by atoms with Gasteiger partial charge in [0.25, 0.3) is 0 Å². The minimum atomic E-state index is -0.230. The second-order valence-corrected chi connectivity index (χ2v) is 6.15. The zero-order valence-corrected chi connectivity index (χ0v) is 13.3. The molecule has 0 radical (unpaired) electrons. The fourth-order valence-corrected chi connectivity index (χ4v) is 3.37. The molecule has 2 aromatic heterocycles. The van der Waals surface area contributed by atoms with Gasteiger partial charge in [0.05, 0.1) is 17.9 Å². The van der Waals surface area contributed by atoms with E-state index in [0.717, 1.165) is 37.4 Å². The van der Waals surface area contributed by atoms with Crippen LogP contribution in [0, 0.1) is 5.82 Å². The zero-order valence-electron chi connectivity index (χ0n) is 13.3. The lowest BCUT2D eigenvalue weighted by atomic mass is 10.1. The number of nitrogens with one attached hydrogen (secondary N) is 1. The molecule has 5 heteroatoms. The molecular formula is C19H19FN4. The van der Waals surface area contributed by atoms with Gasteiger partial charge < -0.3 is 4.98 Å². The number of aromatic amines is 1. The second kappa shape index (κ2) is 6.53. The molecule has 3 aromatic rings. The molecule has 1 aliphatic heterocycles. The van der Waals surface area contributed by atoms with Gasteiger partial charge in [-0.2, -0.15) is 0 Å². The first-order valence-electron chi connectivity index (χ1n) is 8.24. The zero-order chi connectivity index (χ0) is 16.4. The van der Waals surface area contributed by atoms with Crippen molar-refractivity contribution in [3.05, 3.63) is 72.2 Å². The number of imidazole rings is 1. The van der Waals surface area contributed by atoms with E-state index in [4.69, 9.17) is 0 Å². The molecule has 1 N–H and O–H groups in total. The van der Waals surface area contributed by atoms with E-state index in [1.807, 2.05) is 18.3 Å². The van der Waals surface area contributed by atoms with Crippen molar-refractivity contribution < 1.29 is 4.39 Å². The van der Waals surface area contributed by atoms with Crippen molar-refractivity contribution in [1.82, 2.24) is 19.9 Å². The average Bonchev–Trinajstić information content (AvgIpc) is 3.25. The summed E-state index contributed by atoms with van der Waals surface area (Å²) in [6.45, 7) is 1.89. The van der Waals surface area contributed by atoms with Gasteiger partial charge in [-0.15, -0.1) is 0 Å². The van der Waals surface area contributed by atoms with Gasteiger partial charge in [-0.25, -0.2) is 9.37 Å². The van der Waals surface area contributed by atoms with E-state index in [-0.39, 0.29) is 11.9 Å². The number of hydrogen-bond acceptors (Lipinski definition) is 3. The Morgan fingerprint density at radius 3 is 2.92 bits per heavy atom. The summed E-state index contributed by atoms with van der Waals surface area (Å²) >= 11 is 0. The molecule has 3 heterocycles. The van der Waals surface area contributed by atoms with Gasteiger partial charge in [-0.05, 0) is 43.1 Å². The molecule has 24 heavy (non-hydrogen) atoms. The van der Waals surface area contributed by atoms with Crippen molar-refractivity contribution >= 4 is 0 Å². The fourth-order valence-electron chi connectivity index (χ4n) is 3.37. The molecule has 1 aromatic carbocycles. The molecule has 1 fully saturated rings. The Bertz CT molecular complexity index is 815. The third kappa shape index (κ3) is 2.95. The molecule has 4 nitrogen and oxygen atoms in total. The summed E-state index contributed by atoms with van der Waals surface area (Å²) in [5.41, 5.74) is 2.50. The standard InChI is InChI=1S/C19H19FN4/c20-16-7-2-1-6-15(16)17-12-22-19(23-17)18-8-4-10-24(18)13-14-5-3-9-21-11-14/h1-3,5-7,9,11-12,18H,4,8,10,13H2,(H,22,23). The summed E-state index contributed by atoms with van der Waals surface area (Å²) in [6.07, 6.45) is 7.62. The molecule has 0 spiro atoms. The molecular weight excluding hydrogens is 303 g/mol. The van der Waals surface area contributed by atoms with Gasteiger partial charge >= 0.3 is 0 Å². The fraction of sp³-hybridized carbons (Fsp3) is 0.263. The lowest BCUT2D eigenvalue weighted by Gasteiger charge is -2.22. The molecule has 0 bridgehead atoms. The Hall–Kier alpha value is -2.53. The van der Waals surface area contributed by atoms with Crippen LogP contribution in [0.4, 0.5) is 4.39 Å². The molecule has 1 saturated heterocycles. The van der Waals surface area contributed by atoms with Crippen LogP contribution in [0.5, 0.6) is 0 Å². The molecule has 1 atom stereocenters. The Morgan fingerprint density at radius 2 is 2.08 bits per heavy atom. The minimum Gasteiger partial charge on any atom is -0.341 e. The molecule has 1 unspecified atom stereocenters. The maximum absolute atomic E-state index is 14.0. The number of benzene rings is 1. The lowest BCUT2D eigenvalue weighted by molar-refractivity contribution is 0.240. The third-order valence-electron chi connectivity index (χ3n) is 4.55.